The molecule has 0 radical (unpaired) electrons. The topological polar surface area (TPSA) is 61.4 Å². The molecular weight excluding hydrogens is 362 g/mol. The first-order valence-electron chi connectivity index (χ1n) is 9.38. The van der Waals surface area contributed by atoms with E-state index >= 15 is 0 Å². The van der Waals surface area contributed by atoms with Crippen LogP contribution >= 0.6 is 11.6 Å². The van der Waals surface area contributed by atoms with Gasteiger partial charge in [0.25, 0.3) is 0 Å². The molecule has 7 heteroatoms. The highest BCUT2D eigenvalue weighted by atomic mass is 35.5. The molecule has 0 atom stereocenters. The summed E-state index contributed by atoms with van der Waals surface area (Å²) in [4.78, 5) is 24.6. The summed E-state index contributed by atoms with van der Waals surface area (Å²) in [6.07, 6.45) is 3.49. The van der Waals surface area contributed by atoms with Crippen LogP contribution in [0.4, 0.5) is 5.82 Å². The second-order valence-electron chi connectivity index (χ2n) is 6.79. The third-order valence-corrected chi connectivity index (χ3v) is 4.97. The first-order valence-corrected chi connectivity index (χ1v) is 9.76. The Morgan fingerprint density at radius 1 is 1.22 bits per heavy atom. The third kappa shape index (κ3) is 6.19. The van der Waals surface area contributed by atoms with Gasteiger partial charge in [-0.25, -0.2) is 9.97 Å². The van der Waals surface area contributed by atoms with Crippen LogP contribution < -0.4 is 5.32 Å². The Labute approximate surface area is 165 Å². The van der Waals surface area contributed by atoms with Gasteiger partial charge in [0.15, 0.2) is 0 Å². The van der Waals surface area contributed by atoms with Crippen molar-refractivity contribution in [3.8, 4) is 0 Å². The van der Waals surface area contributed by atoms with E-state index in [1.165, 1.54) is 0 Å². The Morgan fingerprint density at radius 3 is 2.78 bits per heavy atom. The molecule has 1 aliphatic heterocycles. The Bertz CT molecular complexity index is 762. The summed E-state index contributed by atoms with van der Waals surface area (Å²) < 4.78 is 0. The zero-order valence-electron chi connectivity index (χ0n) is 15.7. The summed E-state index contributed by atoms with van der Waals surface area (Å²) in [5, 5.41) is 4.11. The molecule has 2 heterocycles. The monoisotopic (exact) mass is 387 g/mol. The first-order chi connectivity index (χ1) is 13.1. The molecule has 1 N–H and O–H groups in total. The van der Waals surface area contributed by atoms with Gasteiger partial charge in [0.1, 0.15) is 11.6 Å². The third-order valence-electron chi connectivity index (χ3n) is 4.73. The molecular formula is C20H26ClN5O. The number of nitrogens with zero attached hydrogens (tertiary/aromatic N) is 4. The molecule has 1 aromatic heterocycles. The van der Waals surface area contributed by atoms with E-state index < -0.39 is 0 Å². The van der Waals surface area contributed by atoms with E-state index in [0.29, 0.717) is 6.42 Å². The normalized spacial score (nSPS) is 15.0. The molecule has 0 spiro atoms. The van der Waals surface area contributed by atoms with Crippen LogP contribution in [0.25, 0.3) is 0 Å². The molecule has 0 bridgehead atoms. The second-order valence-corrected chi connectivity index (χ2v) is 7.23. The zero-order chi connectivity index (χ0) is 19.1. The Morgan fingerprint density at radius 2 is 2.04 bits per heavy atom. The lowest BCUT2D eigenvalue weighted by molar-refractivity contribution is -0.130. The average molecular weight is 388 g/mol. The Hall–Kier alpha value is -2.18. The number of hydrogen-bond donors (Lipinski definition) is 1. The number of piperazine rings is 1. The van der Waals surface area contributed by atoms with Crippen molar-refractivity contribution in [3.05, 3.63) is 52.9 Å². The molecule has 1 amide bonds. The van der Waals surface area contributed by atoms with Crippen molar-refractivity contribution in [1.29, 1.82) is 0 Å². The zero-order valence-corrected chi connectivity index (χ0v) is 16.5. The van der Waals surface area contributed by atoms with Crippen molar-refractivity contribution in [2.75, 3.05) is 44.6 Å². The molecule has 1 saturated heterocycles. The van der Waals surface area contributed by atoms with E-state index in [0.717, 1.165) is 67.9 Å². The fourth-order valence-electron chi connectivity index (χ4n) is 3.22. The predicted octanol–water partition coefficient (Wildman–Crippen LogP) is 2.69. The van der Waals surface area contributed by atoms with Crippen LogP contribution in [0.1, 0.15) is 24.7 Å². The number of rotatable bonds is 7. The fraction of sp³-hybridized carbons (Fsp3) is 0.450. The molecule has 6 nitrogen and oxygen atoms in total. The standard InChI is InChI=1S/C20H26ClN5O/c1-16(27)26-12-10-25(11-13-26)9-3-7-22-19-6-8-23-20(24-19)15-17-4-2-5-18(21)14-17/h2,4-6,8,14H,3,7,9-13,15H2,1H3,(H,22,23,24). The number of carbonyl (C=O) groups excluding carboxylic acids is 1. The van der Waals surface area contributed by atoms with E-state index in [1.807, 2.05) is 35.2 Å². The lowest BCUT2D eigenvalue weighted by atomic mass is 10.1. The van der Waals surface area contributed by atoms with Crippen molar-refractivity contribution in [2.45, 2.75) is 19.8 Å². The van der Waals surface area contributed by atoms with Gasteiger partial charge in [0.05, 0.1) is 0 Å². The number of halogens is 1. The van der Waals surface area contributed by atoms with Crippen molar-refractivity contribution < 1.29 is 4.79 Å². The number of benzene rings is 1. The molecule has 0 aliphatic carbocycles. The SMILES string of the molecule is CC(=O)N1CCN(CCCNc2ccnc(Cc3cccc(Cl)c3)n2)CC1. The van der Waals surface area contributed by atoms with Gasteiger partial charge in [-0.15, -0.1) is 0 Å². The molecule has 2 aromatic rings. The quantitative estimate of drug-likeness (QED) is 0.740. The van der Waals surface area contributed by atoms with E-state index in [9.17, 15) is 4.79 Å². The van der Waals surface area contributed by atoms with Gasteiger partial charge in [0, 0.05) is 57.3 Å². The summed E-state index contributed by atoms with van der Waals surface area (Å²) in [5.74, 6) is 1.81. The van der Waals surface area contributed by atoms with Crippen LogP contribution in [0.2, 0.25) is 5.02 Å². The number of nitrogens with one attached hydrogen (secondary N) is 1. The molecule has 1 fully saturated rings. The van der Waals surface area contributed by atoms with Crippen LogP contribution in [-0.2, 0) is 11.2 Å². The highest BCUT2D eigenvalue weighted by Crippen LogP contribution is 2.14. The lowest BCUT2D eigenvalue weighted by Crippen LogP contribution is -2.48. The van der Waals surface area contributed by atoms with Crippen LogP contribution in [0, 0.1) is 0 Å². The van der Waals surface area contributed by atoms with Crippen LogP contribution in [0.3, 0.4) is 0 Å². The van der Waals surface area contributed by atoms with Gasteiger partial charge < -0.3 is 10.2 Å². The van der Waals surface area contributed by atoms with Gasteiger partial charge in [-0.1, -0.05) is 23.7 Å². The summed E-state index contributed by atoms with van der Waals surface area (Å²) in [5.41, 5.74) is 1.10. The maximum absolute atomic E-state index is 11.4. The van der Waals surface area contributed by atoms with Gasteiger partial charge >= 0.3 is 0 Å². The average Bonchev–Trinajstić information content (AvgIpc) is 2.66. The summed E-state index contributed by atoms with van der Waals surface area (Å²) in [7, 11) is 0. The van der Waals surface area contributed by atoms with Crippen molar-refractivity contribution in [3.63, 3.8) is 0 Å². The van der Waals surface area contributed by atoms with E-state index in [-0.39, 0.29) is 5.91 Å². The molecule has 3 rings (SSSR count). The molecule has 1 aromatic carbocycles. The molecule has 1 aliphatic rings. The van der Waals surface area contributed by atoms with Gasteiger partial charge in [-0.2, -0.15) is 0 Å². The largest absolute Gasteiger partial charge is 0.370 e. The van der Waals surface area contributed by atoms with E-state index in [2.05, 4.69) is 20.2 Å². The summed E-state index contributed by atoms with van der Waals surface area (Å²) in [6.45, 7) is 7.11. The van der Waals surface area contributed by atoms with E-state index in [1.54, 1.807) is 13.1 Å². The van der Waals surface area contributed by atoms with Gasteiger partial charge in [-0.3, -0.25) is 9.69 Å². The highest BCUT2D eigenvalue weighted by Gasteiger charge is 2.17. The minimum Gasteiger partial charge on any atom is -0.370 e. The fourth-order valence-corrected chi connectivity index (χ4v) is 3.43. The van der Waals surface area contributed by atoms with Gasteiger partial charge in [0.2, 0.25) is 5.91 Å². The number of aromatic nitrogens is 2. The first kappa shape index (κ1) is 19.6. The minimum atomic E-state index is 0.175. The molecule has 0 saturated carbocycles. The van der Waals surface area contributed by atoms with Crippen molar-refractivity contribution in [2.24, 2.45) is 0 Å². The number of anilines is 1. The van der Waals surface area contributed by atoms with Gasteiger partial charge in [-0.05, 0) is 36.7 Å². The Kier molecular flexibility index (Phi) is 7.01. The lowest BCUT2D eigenvalue weighted by Gasteiger charge is -2.34. The number of hydrogen-bond acceptors (Lipinski definition) is 5. The number of carbonyl (C=O) groups is 1. The maximum Gasteiger partial charge on any atom is 0.219 e. The smallest absolute Gasteiger partial charge is 0.219 e. The van der Waals surface area contributed by atoms with E-state index in [4.69, 9.17) is 11.6 Å². The maximum atomic E-state index is 11.4. The van der Waals surface area contributed by atoms with Crippen molar-refractivity contribution in [1.82, 2.24) is 19.8 Å². The van der Waals surface area contributed by atoms with Crippen LogP contribution in [0.5, 0.6) is 0 Å². The number of amides is 1. The molecule has 144 valence electrons. The molecule has 0 unspecified atom stereocenters. The van der Waals surface area contributed by atoms with Crippen LogP contribution in [0.15, 0.2) is 36.5 Å². The highest BCUT2D eigenvalue weighted by molar-refractivity contribution is 6.30. The minimum absolute atomic E-state index is 0.175. The van der Waals surface area contributed by atoms with Crippen LogP contribution in [-0.4, -0.2) is 64.9 Å². The summed E-state index contributed by atoms with van der Waals surface area (Å²) in [6, 6.07) is 9.67. The summed E-state index contributed by atoms with van der Waals surface area (Å²) >= 11 is 6.04. The second kappa shape index (κ2) is 9.67. The predicted molar refractivity (Wildman–Crippen MR) is 108 cm³/mol. The molecule has 27 heavy (non-hydrogen) atoms. The van der Waals surface area contributed by atoms with Crippen molar-refractivity contribution >= 4 is 23.3 Å². The Balaban J connectivity index is 1.41.